The number of carbonyl (C=O) groups is 2. The number of nitrogens with zero attached hydrogens (tertiary/aromatic N) is 1. The molecule has 9 heteroatoms. The summed E-state index contributed by atoms with van der Waals surface area (Å²) < 4.78 is 26.4. The van der Waals surface area contributed by atoms with Crippen molar-refractivity contribution < 1.29 is 18.4 Å². The number of halogens is 4. The lowest BCUT2D eigenvalue weighted by atomic mass is 10.2. The van der Waals surface area contributed by atoms with Crippen LogP contribution in [0.3, 0.4) is 0 Å². The van der Waals surface area contributed by atoms with Crippen LogP contribution in [-0.2, 0) is 0 Å². The average Bonchev–Trinajstić information content (AvgIpc) is 2.67. The standard InChI is InChI=1S/C19H11Cl2F2N3O2/c20-12-8-10(4-6-14(12)22)24-18(27)16-2-1-3-17(26-16)19(28)25-11-5-7-15(23)13(21)9-11/h1-9H,(H,24,27)(H,25,28). The zero-order valence-corrected chi connectivity index (χ0v) is 15.5. The molecule has 0 aliphatic heterocycles. The Balaban J connectivity index is 1.75. The minimum Gasteiger partial charge on any atom is -0.321 e. The smallest absolute Gasteiger partial charge is 0.274 e. The van der Waals surface area contributed by atoms with Crippen LogP contribution in [0.1, 0.15) is 21.0 Å². The molecule has 0 saturated carbocycles. The van der Waals surface area contributed by atoms with E-state index in [1.165, 1.54) is 42.5 Å². The molecule has 0 spiro atoms. The van der Waals surface area contributed by atoms with Crippen LogP contribution in [0.2, 0.25) is 10.0 Å². The highest BCUT2D eigenvalue weighted by Crippen LogP contribution is 2.21. The molecular formula is C19H11Cl2F2N3O2. The third-order valence-electron chi connectivity index (χ3n) is 3.57. The summed E-state index contributed by atoms with van der Waals surface area (Å²) in [5.41, 5.74) is 0.471. The number of rotatable bonds is 4. The highest BCUT2D eigenvalue weighted by Gasteiger charge is 2.14. The fourth-order valence-corrected chi connectivity index (χ4v) is 2.59. The largest absolute Gasteiger partial charge is 0.321 e. The van der Waals surface area contributed by atoms with Crippen LogP contribution < -0.4 is 10.6 Å². The summed E-state index contributed by atoms with van der Waals surface area (Å²) in [4.78, 5) is 28.7. The van der Waals surface area contributed by atoms with Gasteiger partial charge in [-0.15, -0.1) is 0 Å². The average molecular weight is 422 g/mol. The van der Waals surface area contributed by atoms with Gasteiger partial charge in [0.05, 0.1) is 10.0 Å². The molecular weight excluding hydrogens is 411 g/mol. The van der Waals surface area contributed by atoms with E-state index in [1.807, 2.05) is 0 Å². The molecule has 1 aromatic heterocycles. The second kappa shape index (κ2) is 8.33. The molecule has 0 fully saturated rings. The van der Waals surface area contributed by atoms with Gasteiger partial charge in [0, 0.05) is 11.4 Å². The summed E-state index contributed by atoms with van der Waals surface area (Å²) in [5.74, 6) is -2.45. The topological polar surface area (TPSA) is 71.1 Å². The number of carbonyl (C=O) groups excluding carboxylic acids is 2. The number of aromatic nitrogens is 1. The van der Waals surface area contributed by atoms with Gasteiger partial charge in [-0.1, -0.05) is 29.3 Å². The molecule has 1 heterocycles. The van der Waals surface area contributed by atoms with E-state index in [-0.39, 0.29) is 32.8 Å². The lowest BCUT2D eigenvalue weighted by molar-refractivity contribution is 0.101. The molecule has 3 aromatic rings. The van der Waals surface area contributed by atoms with Crippen LogP contribution in [-0.4, -0.2) is 16.8 Å². The maximum absolute atomic E-state index is 13.2. The Morgan fingerprint density at radius 3 is 1.57 bits per heavy atom. The number of benzene rings is 2. The Morgan fingerprint density at radius 2 is 1.18 bits per heavy atom. The predicted octanol–water partition coefficient (Wildman–Crippen LogP) is 5.17. The van der Waals surface area contributed by atoms with E-state index < -0.39 is 23.4 Å². The molecule has 28 heavy (non-hydrogen) atoms. The lowest BCUT2D eigenvalue weighted by Crippen LogP contribution is -2.18. The molecule has 0 atom stereocenters. The van der Waals surface area contributed by atoms with Gasteiger partial charge in [0.1, 0.15) is 23.0 Å². The van der Waals surface area contributed by atoms with E-state index in [1.54, 1.807) is 0 Å². The summed E-state index contributed by atoms with van der Waals surface area (Å²) in [6.45, 7) is 0. The van der Waals surface area contributed by atoms with Crippen LogP contribution in [0.15, 0.2) is 54.6 Å². The first-order valence-corrected chi connectivity index (χ1v) is 8.59. The molecule has 0 aliphatic rings. The highest BCUT2D eigenvalue weighted by atomic mass is 35.5. The maximum atomic E-state index is 13.2. The summed E-state index contributed by atoms with van der Waals surface area (Å²) in [6, 6.07) is 11.7. The van der Waals surface area contributed by atoms with Gasteiger partial charge in [-0.3, -0.25) is 9.59 Å². The molecule has 0 radical (unpaired) electrons. The Labute approximate surface area is 168 Å². The molecule has 0 unspecified atom stereocenters. The van der Waals surface area contributed by atoms with Gasteiger partial charge in [-0.2, -0.15) is 0 Å². The van der Waals surface area contributed by atoms with Crippen molar-refractivity contribution in [3.05, 3.63) is 87.7 Å². The van der Waals surface area contributed by atoms with Crippen molar-refractivity contribution in [1.82, 2.24) is 4.98 Å². The quantitative estimate of drug-likeness (QED) is 0.610. The fraction of sp³-hybridized carbons (Fsp3) is 0. The van der Waals surface area contributed by atoms with Crippen LogP contribution in [0.25, 0.3) is 0 Å². The number of anilines is 2. The van der Waals surface area contributed by atoms with Gasteiger partial charge in [0.25, 0.3) is 11.8 Å². The Hall–Kier alpha value is -3.03. The zero-order valence-electron chi connectivity index (χ0n) is 14.0. The predicted molar refractivity (Wildman–Crippen MR) is 103 cm³/mol. The van der Waals surface area contributed by atoms with Crippen molar-refractivity contribution in [2.24, 2.45) is 0 Å². The molecule has 3 rings (SSSR count). The summed E-state index contributed by atoms with van der Waals surface area (Å²) in [6.07, 6.45) is 0. The second-order valence-corrected chi connectivity index (χ2v) is 6.39. The summed E-state index contributed by atoms with van der Waals surface area (Å²) >= 11 is 11.4. The van der Waals surface area contributed by atoms with Crippen molar-refractivity contribution in [1.29, 1.82) is 0 Å². The monoisotopic (exact) mass is 421 g/mol. The van der Waals surface area contributed by atoms with Gasteiger partial charge in [-0.25, -0.2) is 13.8 Å². The number of pyridine rings is 1. The van der Waals surface area contributed by atoms with Crippen LogP contribution >= 0.6 is 23.2 Å². The van der Waals surface area contributed by atoms with E-state index in [9.17, 15) is 18.4 Å². The van der Waals surface area contributed by atoms with Crippen LogP contribution in [0, 0.1) is 11.6 Å². The molecule has 0 bridgehead atoms. The van der Waals surface area contributed by atoms with Gasteiger partial charge >= 0.3 is 0 Å². The molecule has 0 aliphatic carbocycles. The normalized spacial score (nSPS) is 10.4. The third-order valence-corrected chi connectivity index (χ3v) is 4.15. The minimum atomic E-state index is -0.614. The first-order valence-electron chi connectivity index (χ1n) is 7.83. The highest BCUT2D eigenvalue weighted by molar-refractivity contribution is 6.31. The van der Waals surface area contributed by atoms with Crippen molar-refractivity contribution >= 4 is 46.4 Å². The van der Waals surface area contributed by atoms with Gasteiger partial charge in [0.15, 0.2) is 0 Å². The Kier molecular flexibility index (Phi) is 5.87. The molecule has 2 amide bonds. The minimum absolute atomic E-state index is 0.0368. The van der Waals surface area contributed by atoms with Crippen LogP contribution in [0.4, 0.5) is 20.2 Å². The van der Waals surface area contributed by atoms with E-state index in [0.29, 0.717) is 0 Å². The summed E-state index contributed by atoms with van der Waals surface area (Å²) in [7, 11) is 0. The number of hydrogen-bond acceptors (Lipinski definition) is 3. The molecule has 2 N–H and O–H groups in total. The van der Waals surface area contributed by atoms with E-state index >= 15 is 0 Å². The van der Waals surface area contributed by atoms with Crippen molar-refractivity contribution in [2.75, 3.05) is 10.6 Å². The van der Waals surface area contributed by atoms with Crippen molar-refractivity contribution in [2.45, 2.75) is 0 Å². The van der Waals surface area contributed by atoms with Gasteiger partial charge in [-0.05, 0) is 48.5 Å². The summed E-state index contributed by atoms with van der Waals surface area (Å²) in [5, 5.41) is 4.74. The number of nitrogens with one attached hydrogen (secondary N) is 2. The third kappa shape index (κ3) is 4.62. The second-order valence-electron chi connectivity index (χ2n) is 5.57. The Morgan fingerprint density at radius 1 is 0.750 bits per heavy atom. The first-order chi connectivity index (χ1) is 13.3. The van der Waals surface area contributed by atoms with Crippen LogP contribution in [0.5, 0.6) is 0 Å². The van der Waals surface area contributed by atoms with E-state index in [2.05, 4.69) is 15.6 Å². The molecule has 5 nitrogen and oxygen atoms in total. The zero-order chi connectivity index (χ0) is 20.3. The van der Waals surface area contributed by atoms with Crippen molar-refractivity contribution in [3.63, 3.8) is 0 Å². The van der Waals surface area contributed by atoms with E-state index in [0.717, 1.165) is 12.1 Å². The molecule has 142 valence electrons. The molecule has 2 aromatic carbocycles. The fourth-order valence-electron chi connectivity index (χ4n) is 2.23. The number of amides is 2. The van der Waals surface area contributed by atoms with Gasteiger partial charge < -0.3 is 10.6 Å². The van der Waals surface area contributed by atoms with E-state index in [4.69, 9.17) is 23.2 Å². The molecule has 0 saturated heterocycles. The maximum Gasteiger partial charge on any atom is 0.274 e. The Bertz CT molecular complexity index is 996. The first kappa shape index (κ1) is 19.7. The SMILES string of the molecule is O=C(Nc1ccc(F)c(Cl)c1)c1cccc(C(=O)Nc2ccc(F)c(Cl)c2)n1. The van der Waals surface area contributed by atoms with Crippen molar-refractivity contribution in [3.8, 4) is 0 Å². The lowest BCUT2D eigenvalue weighted by Gasteiger charge is -2.08. The van der Waals surface area contributed by atoms with Gasteiger partial charge in [0.2, 0.25) is 0 Å². The number of hydrogen-bond donors (Lipinski definition) is 2.